The Bertz CT molecular complexity index is 264. The van der Waals surface area contributed by atoms with Crippen molar-refractivity contribution in [3.63, 3.8) is 0 Å². The van der Waals surface area contributed by atoms with E-state index in [1.807, 2.05) is 5.38 Å². The molecule has 1 rings (SSSR count). The van der Waals surface area contributed by atoms with Crippen molar-refractivity contribution in [1.82, 2.24) is 15.6 Å². The van der Waals surface area contributed by atoms with Gasteiger partial charge in [-0.1, -0.05) is 0 Å². The SMILES string of the molecule is COCCNC(=O)NCc1cscn1. The van der Waals surface area contributed by atoms with Crippen LogP contribution in [-0.2, 0) is 11.3 Å². The molecule has 0 atom stereocenters. The minimum absolute atomic E-state index is 0.199. The highest BCUT2D eigenvalue weighted by Crippen LogP contribution is 1.99. The number of hydrogen-bond donors (Lipinski definition) is 2. The molecule has 0 aliphatic rings. The van der Waals surface area contributed by atoms with Crippen molar-refractivity contribution < 1.29 is 9.53 Å². The maximum atomic E-state index is 11.1. The zero-order chi connectivity index (χ0) is 10.2. The lowest BCUT2D eigenvalue weighted by Crippen LogP contribution is -2.36. The maximum absolute atomic E-state index is 11.1. The molecular weight excluding hydrogens is 202 g/mol. The third kappa shape index (κ3) is 4.20. The van der Waals surface area contributed by atoms with Crippen molar-refractivity contribution in [3.8, 4) is 0 Å². The quantitative estimate of drug-likeness (QED) is 0.707. The van der Waals surface area contributed by atoms with Gasteiger partial charge in [-0.2, -0.15) is 0 Å². The van der Waals surface area contributed by atoms with Gasteiger partial charge in [0.15, 0.2) is 0 Å². The summed E-state index contributed by atoms with van der Waals surface area (Å²) in [7, 11) is 1.59. The normalized spacial score (nSPS) is 9.79. The molecule has 0 aliphatic carbocycles. The van der Waals surface area contributed by atoms with Crippen molar-refractivity contribution in [1.29, 1.82) is 0 Å². The van der Waals surface area contributed by atoms with Gasteiger partial charge in [-0.05, 0) is 0 Å². The van der Waals surface area contributed by atoms with Crippen molar-refractivity contribution in [2.45, 2.75) is 6.54 Å². The summed E-state index contributed by atoms with van der Waals surface area (Å²) in [6.45, 7) is 1.49. The predicted octanol–water partition coefficient (Wildman–Crippen LogP) is 0.589. The Morgan fingerprint density at radius 3 is 3.14 bits per heavy atom. The number of nitrogens with zero attached hydrogens (tertiary/aromatic N) is 1. The third-order valence-corrected chi connectivity index (χ3v) is 2.14. The van der Waals surface area contributed by atoms with E-state index in [0.29, 0.717) is 19.7 Å². The van der Waals surface area contributed by atoms with Crippen LogP contribution in [0.1, 0.15) is 5.69 Å². The van der Waals surface area contributed by atoms with Crippen LogP contribution in [0.5, 0.6) is 0 Å². The largest absolute Gasteiger partial charge is 0.383 e. The number of methoxy groups -OCH3 is 1. The Labute approximate surface area is 86.5 Å². The Morgan fingerprint density at radius 2 is 2.50 bits per heavy atom. The molecule has 0 bridgehead atoms. The number of hydrogen-bond acceptors (Lipinski definition) is 4. The molecular formula is C8H13N3O2S. The Balaban J connectivity index is 2.09. The van der Waals surface area contributed by atoms with Crippen LogP contribution in [0.15, 0.2) is 10.9 Å². The summed E-state index contributed by atoms with van der Waals surface area (Å²) < 4.78 is 4.79. The van der Waals surface area contributed by atoms with Crippen LogP contribution in [0.3, 0.4) is 0 Å². The molecule has 1 aromatic rings. The summed E-state index contributed by atoms with van der Waals surface area (Å²) in [5, 5.41) is 7.23. The van der Waals surface area contributed by atoms with E-state index < -0.39 is 0 Å². The lowest BCUT2D eigenvalue weighted by Gasteiger charge is -2.05. The number of thiazole rings is 1. The monoisotopic (exact) mass is 215 g/mol. The number of carbonyl (C=O) groups excluding carboxylic acids is 1. The van der Waals surface area contributed by atoms with E-state index in [1.165, 1.54) is 11.3 Å². The molecule has 5 nitrogen and oxygen atoms in total. The van der Waals surface area contributed by atoms with Gasteiger partial charge < -0.3 is 15.4 Å². The average Bonchev–Trinajstić information content (AvgIpc) is 2.68. The molecule has 0 aromatic carbocycles. The second-order valence-electron chi connectivity index (χ2n) is 2.58. The first-order chi connectivity index (χ1) is 6.83. The van der Waals surface area contributed by atoms with Gasteiger partial charge in [0, 0.05) is 19.0 Å². The zero-order valence-electron chi connectivity index (χ0n) is 7.95. The molecule has 1 heterocycles. The van der Waals surface area contributed by atoms with Gasteiger partial charge in [0.2, 0.25) is 0 Å². The highest BCUT2D eigenvalue weighted by molar-refractivity contribution is 7.07. The summed E-state index contributed by atoms with van der Waals surface area (Å²) in [5.74, 6) is 0. The second-order valence-corrected chi connectivity index (χ2v) is 3.30. The first-order valence-corrected chi connectivity index (χ1v) is 5.15. The molecule has 2 N–H and O–H groups in total. The second kappa shape index (κ2) is 6.33. The highest BCUT2D eigenvalue weighted by Gasteiger charge is 1.99. The van der Waals surface area contributed by atoms with Crippen molar-refractivity contribution in [2.24, 2.45) is 0 Å². The van der Waals surface area contributed by atoms with Crippen LogP contribution in [0, 0.1) is 0 Å². The van der Waals surface area contributed by atoms with Gasteiger partial charge >= 0.3 is 6.03 Å². The standard InChI is InChI=1S/C8H13N3O2S/c1-13-3-2-9-8(12)10-4-7-5-14-6-11-7/h5-6H,2-4H2,1H3,(H2,9,10,12). The Morgan fingerprint density at radius 1 is 1.64 bits per heavy atom. The number of ether oxygens (including phenoxy) is 1. The zero-order valence-corrected chi connectivity index (χ0v) is 8.76. The molecule has 0 fully saturated rings. The van der Waals surface area contributed by atoms with Crippen LogP contribution in [0.2, 0.25) is 0 Å². The molecule has 0 radical (unpaired) electrons. The summed E-state index contributed by atoms with van der Waals surface area (Å²) in [6.07, 6.45) is 0. The average molecular weight is 215 g/mol. The fraction of sp³-hybridized carbons (Fsp3) is 0.500. The van der Waals surface area contributed by atoms with E-state index in [9.17, 15) is 4.79 Å². The van der Waals surface area contributed by atoms with E-state index in [0.717, 1.165) is 5.69 Å². The molecule has 0 aliphatic heterocycles. The summed E-state index contributed by atoms with van der Waals surface area (Å²) in [6, 6.07) is -0.199. The van der Waals surface area contributed by atoms with Gasteiger partial charge in [0.1, 0.15) is 0 Å². The molecule has 0 spiro atoms. The maximum Gasteiger partial charge on any atom is 0.315 e. The third-order valence-electron chi connectivity index (χ3n) is 1.51. The van der Waals surface area contributed by atoms with Crippen molar-refractivity contribution in [3.05, 3.63) is 16.6 Å². The van der Waals surface area contributed by atoms with Crippen LogP contribution in [0.25, 0.3) is 0 Å². The van der Waals surface area contributed by atoms with Crippen LogP contribution in [0.4, 0.5) is 4.79 Å². The molecule has 1 aromatic heterocycles. The lowest BCUT2D eigenvalue weighted by molar-refractivity contribution is 0.196. The van der Waals surface area contributed by atoms with Crippen LogP contribution in [-0.4, -0.2) is 31.3 Å². The number of rotatable bonds is 5. The molecule has 0 unspecified atom stereocenters. The van der Waals surface area contributed by atoms with Crippen molar-refractivity contribution in [2.75, 3.05) is 20.3 Å². The van der Waals surface area contributed by atoms with Crippen molar-refractivity contribution >= 4 is 17.4 Å². The predicted molar refractivity (Wildman–Crippen MR) is 54.2 cm³/mol. The van der Waals surface area contributed by atoms with Gasteiger partial charge in [0.05, 0.1) is 24.4 Å². The molecule has 14 heavy (non-hydrogen) atoms. The van der Waals surface area contributed by atoms with E-state index in [2.05, 4.69) is 15.6 Å². The van der Waals surface area contributed by atoms with E-state index in [4.69, 9.17) is 4.74 Å². The van der Waals surface area contributed by atoms with E-state index in [-0.39, 0.29) is 6.03 Å². The fourth-order valence-corrected chi connectivity index (χ4v) is 1.38. The Kier molecular flexibility index (Phi) is 4.95. The van der Waals surface area contributed by atoms with Gasteiger partial charge in [0.25, 0.3) is 0 Å². The topological polar surface area (TPSA) is 63.2 Å². The van der Waals surface area contributed by atoms with Gasteiger partial charge in [-0.3, -0.25) is 0 Å². The number of urea groups is 1. The number of carbonyl (C=O) groups is 1. The minimum atomic E-state index is -0.199. The van der Waals surface area contributed by atoms with E-state index >= 15 is 0 Å². The van der Waals surface area contributed by atoms with E-state index in [1.54, 1.807) is 12.6 Å². The van der Waals surface area contributed by atoms with Gasteiger partial charge in [-0.25, -0.2) is 9.78 Å². The first kappa shape index (κ1) is 10.9. The highest BCUT2D eigenvalue weighted by atomic mass is 32.1. The molecule has 0 saturated carbocycles. The minimum Gasteiger partial charge on any atom is -0.383 e. The molecule has 2 amide bonds. The number of amides is 2. The lowest BCUT2D eigenvalue weighted by atomic mass is 10.5. The number of nitrogens with one attached hydrogen (secondary N) is 2. The first-order valence-electron chi connectivity index (χ1n) is 4.20. The smallest absolute Gasteiger partial charge is 0.315 e. The summed E-state index contributed by atoms with van der Waals surface area (Å²) in [4.78, 5) is 15.1. The van der Waals surface area contributed by atoms with Crippen LogP contribution >= 0.6 is 11.3 Å². The molecule has 6 heteroatoms. The fourth-order valence-electron chi connectivity index (χ4n) is 0.825. The molecule has 0 saturated heterocycles. The summed E-state index contributed by atoms with van der Waals surface area (Å²) in [5.41, 5.74) is 2.61. The number of aromatic nitrogens is 1. The summed E-state index contributed by atoms with van der Waals surface area (Å²) >= 11 is 1.51. The van der Waals surface area contributed by atoms with Crippen LogP contribution < -0.4 is 10.6 Å². The Hall–Kier alpha value is -1.14. The van der Waals surface area contributed by atoms with Gasteiger partial charge in [-0.15, -0.1) is 11.3 Å². The molecule has 78 valence electrons.